The zero-order valence-electron chi connectivity index (χ0n) is 43.0. The highest BCUT2D eigenvalue weighted by atomic mass is 16.7. The second-order valence-corrected chi connectivity index (χ2v) is 25.6. The van der Waals surface area contributed by atoms with Gasteiger partial charge in [0.05, 0.1) is 42.0 Å². The van der Waals surface area contributed by atoms with Crippen molar-refractivity contribution in [3.8, 4) is 0 Å². The number of carbonyl (C=O) groups is 3. The maximum Gasteiger partial charge on any atom is 0.339 e. The van der Waals surface area contributed by atoms with Crippen molar-refractivity contribution in [2.75, 3.05) is 26.4 Å². The first-order chi connectivity index (χ1) is 34.7. The zero-order chi connectivity index (χ0) is 50.0. The molecule has 392 valence electrons. The topological polar surface area (TPSA) is 189 Å². The average molecular weight is 993 g/mol. The van der Waals surface area contributed by atoms with Crippen LogP contribution >= 0.6 is 0 Å². The van der Waals surface area contributed by atoms with Gasteiger partial charge in [-0.05, 0) is 125 Å². The van der Waals surface area contributed by atoms with Crippen molar-refractivity contribution in [1.82, 2.24) is 10.6 Å². The fourth-order valence-corrected chi connectivity index (χ4v) is 18.7. The van der Waals surface area contributed by atoms with E-state index in [1.807, 2.05) is 12.1 Å². The second kappa shape index (κ2) is 18.1. The van der Waals surface area contributed by atoms with Crippen LogP contribution in [0, 0.1) is 69.0 Å². The molecule has 0 amide bonds. The van der Waals surface area contributed by atoms with Crippen molar-refractivity contribution in [2.24, 2.45) is 69.0 Å². The molecule has 5 saturated heterocycles. The van der Waals surface area contributed by atoms with E-state index in [4.69, 9.17) is 23.4 Å². The number of esters is 2. The van der Waals surface area contributed by atoms with Crippen LogP contribution in [0.4, 0.5) is 0 Å². The number of nitrogens with one attached hydrogen (secondary N) is 2. The number of ether oxygens (including phenoxy) is 4. The Labute approximate surface area is 425 Å². The Bertz CT molecular complexity index is 2410. The van der Waals surface area contributed by atoms with Gasteiger partial charge < -0.3 is 44.0 Å². The quantitative estimate of drug-likeness (QED) is 0.0763. The molecular weight excluding hydrogens is 913 g/mol. The van der Waals surface area contributed by atoms with Gasteiger partial charge in [0.2, 0.25) is 0 Å². The van der Waals surface area contributed by atoms with Crippen LogP contribution in [0.2, 0.25) is 0 Å². The van der Waals surface area contributed by atoms with Gasteiger partial charge in [-0.2, -0.15) is 0 Å². The Balaban J connectivity index is 0.986. The Morgan fingerprint density at radius 2 is 1.71 bits per heavy atom. The maximum absolute atomic E-state index is 16.4. The number of carbonyl (C=O) groups excluding carboxylic acids is 3. The summed E-state index contributed by atoms with van der Waals surface area (Å²) in [6.45, 7) is 9.93. The van der Waals surface area contributed by atoms with E-state index < -0.39 is 87.8 Å². The van der Waals surface area contributed by atoms with E-state index in [0.29, 0.717) is 67.7 Å². The normalized spacial score (nSPS) is 44.6. The fraction of sp³-hybridized carbons (Fsp3) is 0.746. The van der Waals surface area contributed by atoms with Gasteiger partial charge in [0, 0.05) is 53.4 Å². The van der Waals surface area contributed by atoms with Gasteiger partial charge in [0.25, 0.3) is 0 Å². The lowest BCUT2D eigenvalue weighted by Gasteiger charge is -2.70. The molecule has 5 aliphatic heterocycles. The number of Topliss-reactive ketones (excluding diaryl/α,β-unsaturated/α-hetero) is 1. The molecular formula is C59H80N2O11. The van der Waals surface area contributed by atoms with Gasteiger partial charge in [-0.15, -0.1) is 0 Å². The third-order valence-corrected chi connectivity index (χ3v) is 21.8. The highest BCUT2D eigenvalue weighted by molar-refractivity contribution is 5.93. The molecule has 0 bridgehead atoms. The predicted octanol–water partition coefficient (Wildman–Crippen LogP) is 7.34. The number of hydrogen-bond acceptors (Lipinski definition) is 13. The first-order valence-corrected chi connectivity index (χ1v) is 28.1. The molecule has 2 aromatic rings. The van der Waals surface area contributed by atoms with Crippen LogP contribution in [0.1, 0.15) is 141 Å². The molecule has 1 aromatic carbocycles. The van der Waals surface area contributed by atoms with Crippen LogP contribution in [-0.4, -0.2) is 101 Å². The van der Waals surface area contributed by atoms with Crippen LogP contribution in [0.3, 0.4) is 0 Å². The molecule has 13 heteroatoms. The van der Waals surface area contributed by atoms with Gasteiger partial charge in [-0.3, -0.25) is 14.9 Å². The van der Waals surface area contributed by atoms with Gasteiger partial charge in [0.15, 0.2) is 11.9 Å². The van der Waals surface area contributed by atoms with E-state index in [0.717, 1.165) is 77.4 Å². The number of allylic oxidation sites excluding steroid dienone is 1. The minimum absolute atomic E-state index is 0.0207. The summed E-state index contributed by atoms with van der Waals surface area (Å²) < 4.78 is 34.6. The highest BCUT2D eigenvalue weighted by Crippen LogP contribution is 2.84. The lowest BCUT2D eigenvalue weighted by Crippen LogP contribution is -2.80. The summed E-state index contributed by atoms with van der Waals surface area (Å²) in [5, 5.41) is 42.9. The summed E-state index contributed by atoms with van der Waals surface area (Å²) in [7, 11) is 0. The smallest absolute Gasteiger partial charge is 0.339 e. The number of benzene rings is 1. The summed E-state index contributed by atoms with van der Waals surface area (Å²) in [5.74, 6) is -1.18. The molecule has 4 saturated carbocycles. The second-order valence-electron chi connectivity index (χ2n) is 25.6. The number of aliphatic hydroxyl groups is 3. The summed E-state index contributed by atoms with van der Waals surface area (Å²) in [6.07, 6.45) is 13.0. The van der Waals surface area contributed by atoms with Crippen molar-refractivity contribution >= 4 is 17.7 Å². The number of aliphatic hydroxyl groups excluding tert-OH is 3. The molecule has 72 heavy (non-hydrogen) atoms. The van der Waals surface area contributed by atoms with E-state index in [9.17, 15) is 20.1 Å². The van der Waals surface area contributed by atoms with Crippen molar-refractivity contribution < 1.29 is 53.1 Å². The molecule has 13 nitrogen and oxygen atoms in total. The molecule has 1 aromatic heterocycles. The van der Waals surface area contributed by atoms with Crippen LogP contribution in [0.15, 0.2) is 59.2 Å². The summed E-state index contributed by atoms with van der Waals surface area (Å²) in [4.78, 5) is 46.0. The van der Waals surface area contributed by atoms with Crippen LogP contribution in [0.5, 0.6) is 0 Å². The first kappa shape index (κ1) is 49.4. The molecule has 5 N–H and O–H groups in total. The largest absolute Gasteiger partial charge is 0.469 e. The van der Waals surface area contributed by atoms with E-state index in [1.165, 1.54) is 5.56 Å². The van der Waals surface area contributed by atoms with Crippen molar-refractivity contribution in [3.63, 3.8) is 0 Å². The number of fused-ring (bicyclic) bond motifs is 2. The van der Waals surface area contributed by atoms with E-state index in [-0.39, 0.29) is 42.0 Å². The van der Waals surface area contributed by atoms with Gasteiger partial charge in [0.1, 0.15) is 30.2 Å². The van der Waals surface area contributed by atoms with Crippen molar-refractivity contribution in [3.05, 3.63) is 71.7 Å². The lowest BCUT2D eigenvalue weighted by atomic mass is 9.32. The molecule has 5 aliphatic carbocycles. The van der Waals surface area contributed by atoms with E-state index in [2.05, 4.69) is 74.7 Å². The van der Waals surface area contributed by atoms with Gasteiger partial charge >= 0.3 is 11.9 Å². The van der Waals surface area contributed by atoms with Crippen LogP contribution < -0.4 is 10.6 Å². The van der Waals surface area contributed by atoms with Crippen LogP contribution in [0.25, 0.3) is 0 Å². The van der Waals surface area contributed by atoms with E-state index >= 15 is 9.59 Å². The molecule has 9 fully saturated rings. The van der Waals surface area contributed by atoms with Gasteiger partial charge in [-0.25, -0.2) is 4.79 Å². The maximum atomic E-state index is 16.4. The number of ketones is 1. The number of cyclic esters (lactones) is 2. The Morgan fingerprint density at radius 1 is 0.903 bits per heavy atom. The SMILES string of the molecule is CC(C)CCC1(C)OC2C3(CCCC3)C(=O)OCC23C1C(=O)C(O)C1(C2CCCC(Cc4ccccc4)C2)C3CCC2(C)C(c3ccoc3CC(C(O)CO)C3C=CC(C4CNCN4)CC3)OC(=O)C3OC321. The molecule has 18 unspecified atom stereocenters. The zero-order valence-corrected chi connectivity index (χ0v) is 43.0. The highest BCUT2D eigenvalue weighted by Gasteiger charge is 2.94. The monoisotopic (exact) mass is 993 g/mol. The number of furan rings is 1. The summed E-state index contributed by atoms with van der Waals surface area (Å²) in [6, 6.07) is 12.8. The summed E-state index contributed by atoms with van der Waals surface area (Å²) >= 11 is 0. The molecule has 0 radical (unpaired) electrons. The molecule has 3 spiro atoms. The lowest BCUT2D eigenvalue weighted by molar-refractivity contribution is -0.285. The third kappa shape index (κ3) is 6.97. The number of rotatable bonds is 13. The Hall–Kier alpha value is -3.43. The third-order valence-electron chi connectivity index (χ3n) is 21.8. The summed E-state index contributed by atoms with van der Waals surface area (Å²) in [5.41, 5.74) is -4.45. The standard InChI is InChI=1S/C59H80N2O11/c1-34(2)19-25-55(4)47-46(64)48(65)58(39-14-10-13-36(28-39)27-35-11-6-5-7-12-35)45(57(47)32-69-53(67)56(52(57)72-55)22-8-9-23-56)20-24-54(3)49(70-51(66)50-59(54,58)71-50)40-21-26-68-44(40)29-41(43(63)31-62)37-15-17-38(18-16-37)42-30-60-33-61-42/h5-7,11-12,15,17,21,26,34,36-39,41-43,45,47-50,52,60-63,65H,8-10,13-14,16,18-20,22-25,27-33H2,1-4H3. The molecule has 12 rings (SSSR count). The predicted molar refractivity (Wildman–Crippen MR) is 266 cm³/mol. The number of epoxide rings is 1. The molecule has 18 atom stereocenters. The van der Waals surface area contributed by atoms with Gasteiger partial charge in [-0.1, -0.05) is 88.9 Å². The van der Waals surface area contributed by atoms with Crippen LogP contribution in [-0.2, 0) is 46.2 Å². The average Bonchev–Trinajstić information content (AvgIpc) is 3.89. The van der Waals surface area contributed by atoms with Crippen molar-refractivity contribution in [2.45, 2.75) is 178 Å². The first-order valence-electron chi connectivity index (χ1n) is 28.1. The Morgan fingerprint density at radius 3 is 2.43 bits per heavy atom. The minimum atomic E-state index is -1.49. The van der Waals surface area contributed by atoms with Crippen molar-refractivity contribution in [1.29, 1.82) is 0 Å². The fourth-order valence-electron chi connectivity index (χ4n) is 18.7. The molecule has 6 heterocycles. The van der Waals surface area contributed by atoms with E-state index in [1.54, 1.807) is 6.26 Å². The molecule has 10 aliphatic rings. The minimum Gasteiger partial charge on any atom is -0.469 e. The number of hydrogen-bond donors (Lipinski definition) is 5. The Kier molecular flexibility index (Phi) is 12.4.